The van der Waals surface area contributed by atoms with Crippen LogP contribution in [0.3, 0.4) is 0 Å². The molecule has 6 heteroatoms. The standard InChI is InChI=1S/C14H25N3O2.ClH/c18-14(13-2-1-5-15-13)17-8-6-16(7-9-17)12-3-10-19-11-4-12;/h12-13,15H,1-11H2;1H. The van der Waals surface area contributed by atoms with Crippen LogP contribution in [0.5, 0.6) is 0 Å². The maximum atomic E-state index is 12.3. The van der Waals surface area contributed by atoms with Crippen LogP contribution in [0.25, 0.3) is 0 Å². The number of ether oxygens (including phenoxy) is 1. The average molecular weight is 304 g/mol. The Balaban J connectivity index is 0.00000147. The molecule has 0 aromatic heterocycles. The van der Waals surface area contributed by atoms with Crippen molar-refractivity contribution >= 4 is 18.3 Å². The maximum Gasteiger partial charge on any atom is 0.239 e. The minimum absolute atomic E-state index is 0. The van der Waals surface area contributed by atoms with Crippen LogP contribution >= 0.6 is 12.4 Å². The monoisotopic (exact) mass is 303 g/mol. The number of nitrogens with zero attached hydrogens (tertiary/aromatic N) is 2. The van der Waals surface area contributed by atoms with Gasteiger partial charge in [-0.05, 0) is 32.2 Å². The molecule has 116 valence electrons. The van der Waals surface area contributed by atoms with E-state index in [2.05, 4.69) is 15.1 Å². The summed E-state index contributed by atoms with van der Waals surface area (Å²) in [7, 11) is 0. The number of piperazine rings is 1. The Morgan fingerprint density at radius 3 is 2.35 bits per heavy atom. The number of amides is 1. The molecule has 3 aliphatic rings. The van der Waals surface area contributed by atoms with E-state index in [0.29, 0.717) is 11.9 Å². The van der Waals surface area contributed by atoms with E-state index in [9.17, 15) is 4.79 Å². The number of nitrogens with one attached hydrogen (secondary N) is 1. The van der Waals surface area contributed by atoms with Gasteiger partial charge < -0.3 is 15.0 Å². The molecule has 1 atom stereocenters. The predicted octanol–water partition coefficient (Wildman–Crippen LogP) is 0.483. The van der Waals surface area contributed by atoms with E-state index >= 15 is 0 Å². The van der Waals surface area contributed by atoms with Crippen molar-refractivity contribution in [2.24, 2.45) is 0 Å². The first-order valence-corrected chi connectivity index (χ1v) is 7.68. The van der Waals surface area contributed by atoms with Crippen molar-refractivity contribution in [2.75, 3.05) is 45.9 Å². The molecule has 3 heterocycles. The van der Waals surface area contributed by atoms with Crippen molar-refractivity contribution < 1.29 is 9.53 Å². The number of hydrogen-bond acceptors (Lipinski definition) is 4. The third kappa shape index (κ3) is 3.64. The van der Waals surface area contributed by atoms with E-state index in [0.717, 1.165) is 71.6 Å². The third-order valence-corrected chi connectivity index (χ3v) is 4.69. The molecule has 20 heavy (non-hydrogen) atoms. The van der Waals surface area contributed by atoms with E-state index in [-0.39, 0.29) is 18.4 Å². The normalized spacial score (nSPS) is 29.2. The molecular weight excluding hydrogens is 278 g/mol. The van der Waals surface area contributed by atoms with Crippen molar-refractivity contribution in [2.45, 2.75) is 37.8 Å². The Bertz CT molecular complexity index is 310. The molecule has 5 nitrogen and oxygen atoms in total. The zero-order chi connectivity index (χ0) is 13.1. The summed E-state index contributed by atoms with van der Waals surface area (Å²) >= 11 is 0. The van der Waals surface area contributed by atoms with E-state index in [1.807, 2.05) is 0 Å². The molecule has 3 saturated heterocycles. The van der Waals surface area contributed by atoms with Crippen LogP contribution in [0.2, 0.25) is 0 Å². The second-order valence-corrected chi connectivity index (χ2v) is 5.85. The van der Waals surface area contributed by atoms with Gasteiger partial charge in [-0.15, -0.1) is 12.4 Å². The highest BCUT2D eigenvalue weighted by molar-refractivity contribution is 5.85. The number of halogens is 1. The van der Waals surface area contributed by atoms with Gasteiger partial charge in [-0.2, -0.15) is 0 Å². The van der Waals surface area contributed by atoms with Gasteiger partial charge in [0.15, 0.2) is 0 Å². The van der Waals surface area contributed by atoms with Gasteiger partial charge in [0, 0.05) is 45.4 Å². The van der Waals surface area contributed by atoms with Gasteiger partial charge in [0.1, 0.15) is 0 Å². The van der Waals surface area contributed by atoms with Crippen molar-refractivity contribution in [3.05, 3.63) is 0 Å². The summed E-state index contributed by atoms with van der Waals surface area (Å²) in [6.07, 6.45) is 4.45. The Morgan fingerprint density at radius 2 is 1.75 bits per heavy atom. The summed E-state index contributed by atoms with van der Waals surface area (Å²) in [5, 5.41) is 3.31. The molecule has 0 aromatic rings. The SMILES string of the molecule is Cl.O=C(C1CCCN1)N1CCN(C2CCOCC2)CC1. The molecule has 3 aliphatic heterocycles. The first kappa shape index (κ1) is 16.0. The molecule has 1 amide bonds. The Kier molecular flexibility index (Phi) is 6.08. The van der Waals surface area contributed by atoms with Gasteiger partial charge in [0.2, 0.25) is 5.91 Å². The first-order chi connectivity index (χ1) is 9.34. The lowest BCUT2D eigenvalue weighted by atomic mass is 10.1. The lowest BCUT2D eigenvalue weighted by Gasteiger charge is -2.41. The van der Waals surface area contributed by atoms with Crippen LogP contribution in [0, 0.1) is 0 Å². The first-order valence-electron chi connectivity index (χ1n) is 7.68. The summed E-state index contributed by atoms with van der Waals surface area (Å²) in [5.74, 6) is 0.323. The van der Waals surface area contributed by atoms with Crippen LogP contribution in [-0.4, -0.2) is 73.7 Å². The van der Waals surface area contributed by atoms with E-state index in [4.69, 9.17) is 4.74 Å². The second-order valence-electron chi connectivity index (χ2n) is 5.85. The van der Waals surface area contributed by atoms with E-state index in [1.54, 1.807) is 0 Å². The number of carbonyl (C=O) groups is 1. The minimum Gasteiger partial charge on any atom is -0.381 e. The smallest absolute Gasteiger partial charge is 0.239 e. The maximum absolute atomic E-state index is 12.3. The van der Waals surface area contributed by atoms with Gasteiger partial charge >= 0.3 is 0 Å². The van der Waals surface area contributed by atoms with Gasteiger partial charge in [-0.1, -0.05) is 0 Å². The van der Waals surface area contributed by atoms with Crippen molar-refractivity contribution in [1.82, 2.24) is 15.1 Å². The summed E-state index contributed by atoms with van der Waals surface area (Å²) in [6.45, 7) is 6.65. The van der Waals surface area contributed by atoms with Gasteiger partial charge in [0.05, 0.1) is 6.04 Å². The summed E-state index contributed by atoms with van der Waals surface area (Å²) in [5.41, 5.74) is 0. The number of carbonyl (C=O) groups excluding carboxylic acids is 1. The van der Waals surface area contributed by atoms with E-state index in [1.165, 1.54) is 0 Å². The lowest BCUT2D eigenvalue weighted by molar-refractivity contribution is -0.135. The van der Waals surface area contributed by atoms with Crippen LogP contribution in [0.4, 0.5) is 0 Å². The lowest BCUT2D eigenvalue weighted by Crippen LogP contribution is -2.55. The summed E-state index contributed by atoms with van der Waals surface area (Å²) < 4.78 is 5.42. The molecule has 0 radical (unpaired) electrons. The molecule has 3 rings (SSSR count). The van der Waals surface area contributed by atoms with Crippen LogP contribution in [0.15, 0.2) is 0 Å². The fraction of sp³-hybridized carbons (Fsp3) is 0.929. The Labute approximate surface area is 127 Å². The zero-order valence-corrected chi connectivity index (χ0v) is 12.9. The zero-order valence-electron chi connectivity index (χ0n) is 12.1. The topological polar surface area (TPSA) is 44.8 Å². The second kappa shape index (κ2) is 7.59. The van der Waals surface area contributed by atoms with Crippen LogP contribution < -0.4 is 5.32 Å². The van der Waals surface area contributed by atoms with Crippen molar-refractivity contribution in [3.8, 4) is 0 Å². The van der Waals surface area contributed by atoms with E-state index < -0.39 is 0 Å². The minimum atomic E-state index is 0. The van der Waals surface area contributed by atoms with Gasteiger partial charge in [0.25, 0.3) is 0 Å². The Morgan fingerprint density at radius 1 is 1.05 bits per heavy atom. The fourth-order valence-electron chi connectivity index (χ4n) is 3.47. The molecule has 1 unspecified atom stereocenters. The molecule has 1 N–H and O–H groups in total. The van der Waals surface area contributed by atoms with Crippen LogP contribution in [-0.2, 0) is 9.53 Å². The highest BCUT2D eigenvalue weighted by Crippen LogP contribution is 2.17. The molecule has 0 aliphatic carbocycles. The summed E-state index contributed by atoms with van der Waals surface area (Å²) in [6, 6.07) is 0.769. The van der Waals surface area contributed by atoms with Gasteiger partial charge in [-0.3, -0.25) is 9.69 Å². The quantitative estimate of drug-likeness (QED) is 0.806. The number of rotatable bonds is 2. The molecule has 0 bridgehead atoms. The molecule has 3 fully saturated rings. The largest absolute Gasteiger partial charge is 0.381 e. The molecular formula is C14H26ClN3O2. The molecule has 0 spiro atoms. The molecule has 0 saturated carbocycles. The van der Waals surface area contributed by atoms with Crippen LogP contribution in [0.1, 0.15) is 25.7 Å². The summed E-state index contributed by atoms with van der Waals surface area (Å²) in [4.78, 5) is 16.9. The predicted molar refractivity (Wildman–Crippen MR) is 80.3 cm³/mol. The Hall–Kier alpha value is -0.360. The third-order valence-electron chi connectivity index (χ3n) is 4.69. The highest BCUT2D eigenvalue weighted by Gasteiger charge is 2.31. The average Bonchev–Trinajstić information content (AvgIpc) is 3.02. The fourth-order valence-corrected chi connectivity index (χ4v) is 3.47. The van der Waals surface area contributed by atoms with Crippen molar-refractivity contribution in [3.63, 3.8) is 0 Å². The molecule has 0 aromatic carbocycles. The highest BCUT2D eigenvalue weighted by atomic mass is 35.5. The number of hydrogen-bond donors (Lipinski definition) is 1. The van der Waals surface area contributed by atoms with Crippen molar-refractivity contribution in [1.29, 1.82) is 0 Å². The van der Waals surface area contributed by atoms with Gasteiger partial charge in [-0.25, -0.2) is 0 Å².